The Kier molecular flexibility index (Phi) is 8.04. The van der Waals surface area contributed by atoms with Crippen LogP contribution in [-0.4, -0.2) is 31.0 Å². The van der Waals surface area contributed by atoms with Crippen LogP contribution in [-0.2, 0) is 11.2 Å². The van der Waals surface area contributed by atoms with Crippen LogP contribution >= 0.6 is 24.2 Å². The fourth-order valence-corrected chi connectivity index (χ4v) is 2.73. The molecule has 20 heavy (non-hydrogen) atoms. The molecule has 0 radical (unpaired) electrons. The number of halogens is 1. The van der Waals surface area contributed by atoms with E-state index < -0.39 is 0 Å². The van der Waals surface area contributed by atoms with Gasteiger partial charge in [-0.05, 0) is 55.5 Å². The molecule has 1 fully saturated rings. The van der Waals surface area contributed by atoms with Crippen molar-refractivity contribution in [1.29, 1.82) is 0 Å². The van der Waals surface area contributed by atoms with E-state index in [2.05, 4.69) is 29.0 Å². The van der Waals surface area contributed by atoms with Gasteiger partial charge in [0.05, 0.1) is 5.92 Å². The van der Waals surface area contributed by atoms with Crippen molar-refractivity contribution in [3.63, 3.8) is 0 Å². The Morgan fingerprint density at radius 1 is 1.40 bits per heavy atom. The normalized spacial score (nSPS) is 18.1. The van der Waals surface area contributed by atoms with Gasteiger partial charge in [0.1, 0.15) is 0 Å². The number of carbonyl (C=O) groups excluding carboxylic acids is 1. The SMILES string of the molecule is CSCCc1ccc(NC(=O)C2CCCNC2)cc1.Cl. The van der Waals surface area contributed by atoms with Crippen LogP contribution in [0.2, 0.25) is 0 Å². The lowest BCUT2D eigenvalue weighted by Gasteiger charge is -2.21. The zero-order valence-corrected chi connectivity index (χ0v) is 13.5. The summed E-state index contributed by atoms with van der Waals surface area (Å²) < 4.78 is 0. The molecule has 1 atom stereocenters. The molecule has 1 aromatic carbocycles. The van der Waals surface area contributed by atoms with Crippen LogP contribution in [0, 0.1) is 5.92 Å². The van der Waals surface area contributed by atoms with Crippen molar-refractivity contribution in [2.24, 2.45) is 5.92 Å². The molecule has 3 nitrogen and oxygen atoms in total. The zero-order valence-electron chi connectivity index (χ0n) is 11.9. The lowest BCUT2D eigenvalue weighted by molar-refractivity contribution is -0.120. The minimum Gasteiger partial charge on any atom is -0.326 e. The molecule has 0 saturated carbocycles. The standard InChI is InChI=1S/C15H22N2OS.ClH/c1-19-10-8-12-4-6-14(7-5-12)17-15(18)13-3-2-9-16-11-13;/h4-7,13,16H,2-3,8-11H2,1H3,(H,17,18);1H. The Labute approximate surface area is 131 Å². The third kappa shape index (κ3) is 5.35. The average molecular weight is 315 g/mol. The highest BCUT2D eigenvalue weighted by Crippen LogP contribution is 2.15. The monoisotopic (exact) mass is 314 g/mol. The number of piperidine rings is 1. The molecular weight excluding hydrogens is 292 g/mol. The number of hydrogen-bond acceptors (Lipinski definition) is 3. The van der Waals surface area contributed by atoms with Gasteiger partial charge >= 0.3 is 0 Å². The molecular formula is C15H23ClN2OS. The summed E-state index contributed by atoms with van der Waals surface area (Å²) in [7, 11) is 0. The lowest BCUT2D eigenvalue weighted by Crippen LogP contribution is -2.37. The second-order valence-corrected chi connectivity index (χ2v) is 5.96. The largest absolute Gasteiger partial charge is 0.326 e. The van der Waals surface area contributed by atoms with Gasteiger partial charge in [-0.3, -0.25) is 4.79 Å². The summed E-state index contributed by atoms with van der Waals surface area (Å²) in [5.41, 5.74) is 2.23. The summed E-state index contributed by atoms with van der Waals surface area (Å²) >= 11 is 1.85. The van der Waals surface area contributed by atoms with Crippen LogP contribution in [0.1, 0.15) is 18.4 Å². The number of aryl methyl sites for hydroxylation is 1. The van der Waals surface area contributed by atoms with Gasteiger partial charge < -0.3 is 10.6 Å². The van der Waals surface area contributed by atoms with Gasteiger partial charge in [0.25, 0.3) is 0 Å². The Morgan fingerprint density at radius 2 is 2.15 bits per heavy atom. The molecule has 2 N–H and O–H groups in total. The topological polar surface area (TPSA) is 41.1 Å². The molecule has 0 spiro atoms. The molecule has 1 aliphatic heterocycles. The molecule has 1 amide bonds. The minimum absolute atomic E-state index is 0. The van der Waals surface area contributed by atoms with E-state index in [1.807, 2.05) is 23.9 Å². The van der Waals surface area contributed by atoms with E-state index in [-0.39, 0.29) is 24.2 Å². The molecule has 1 aromatic rings. The molecule has 5 heteroatoms. The number of hydrogen-bond donors (Lipinski definition) is 2. The van der Waals surface area contributed by atoms with Gasteiger partial charge in [-0.25, -0.2) is 0 Å². The van der Waals surface area contributed by atoms with Crippen LogP contribution in [0.25, 0.3) is 0 Å². The van der Waals surface area contributed by atoms with Crippen LogP contribution in [0.15, 0.2) is 24.3 Å². The van der Waals surface area contributed by atoms with E-state index in [4.69, 9.17) is 0 Å². The highest BCUT2D eigenvalue weighted by molar-refractivity contribution is 7.98. The maximum absolute atomic E-state index is 12.1. The summed E-state index contributed by atoms with van der Waals surface area (Å²) in [5, 5.41) is 6.28. The number of amides is 1. The Hall–Kier alpha value is -0.710. The fraction of sp³-hybridized carbons (Fsp3) is 0.533. The van der Waals surface area contributed by atoms with E-state index in [1.165, 1.54) is 5.56 Å². The summed E-state index contributed by atoms with van der Waals surface area (Å²) in [6, 6.07) is 8.21. The fourth-order valence-electron chi connectivity index (χ4n) is 2.29. The summed E-state index contributed by atoms with van der Waals surface area (Å²) in [5.74, 6) is 1.40. The van der Waals surface area contributed by atoms with Crippen molar-refractivity contribution in [2.45, 2.75) is 19.3 Å². The molecule has 0 aromatic heterocycles. The molecule has 112 valence electrons. The second kappa shape index (κ2) is 9.27. The first kappa shape index (κ1) is 17.3. The van der Waals surface area contributed by atoms with E-state index in [0.29, 0.717) is 0 Å². The summed E-state index contributed by atoms with van der Waals surface area (Å²) in [6.45, 7) is 1.84. The maximum atomic E-state index is 12.1. The van der Waals surface area contributed by atoms with Gasteiger partial charge in [-0.1, -0.05) is 12.1 Å². The highest BCUT2D eigenvalue weighted by Gasteiger charge is 2.20. The minimum atomic E-state index is 0. The van der Waals surface area contributed by atoms with Crippen molar-refractivity contribution in [1.82, 2.24) is 5.32 Å². The van der Waals surface area contributed by atoms with Gasteiger partial charge in [0.2, 0.25) is 5.91 Å². The number of thioether (sulfide) groups is 1. The van der Waals surface area contributed by atoms with E-state index in [0.717, 1.165) is 43.8 Å². The van der Waals surface area contributed by atoms with Gasteiger partial charge in [0.15, 0.2) is 0 Å². The smallest absolute Gasteiger partial charge is 0.228 e. The van der Waals surface area contributed by atoms with Crippen LogP contribution < -0.4 is 10.6 Å². The number of carbonyl (C=O) groups is 1. The number of rotatable bonds is 5. The predicted molar refractivity (Wildman–Crippen MR) is 90.0 cm³/mol. The van der Waals surface area contributed by atoms with Gasteiger partial charge in [-0.2, -0.15) is 11.8 Å². The van der Waals surface area contributed by atoms with Crippen LogP contribution in [0.5, 0.6) is 0 Å². The summed E-state index contributed by atoms with van der Waals surface area (Å²) in [4.78, 5) is 12.1. The molecule has 1 heterocycles. The molecule has 2 rings (SSSR count). The van der Waals surface area contributed by atoms with Crippen LogP contribution in [0.4, 0.5) is 5.69 Å². The van der Waals surface area contributed by atoms with E-state index in [9.17, 15) is 4.79 Å². The van der Waals surface area contributed by atoms with Crippen LogP contribution in [0.3, 0.4) is 0 Å². The maximum Gasteiger partial charge on any atom is 0.228 e. The van der Waals surface area contributed by atoms with Crippen molar-refractivity contribution in [3.05, 3.63) is 29.8 Å². The Bertz CT molecular complexity index is 405. The number of anilines is 1. The first-order chi connectivity index (χ1) is 9.29. The molecule has 1 unspecified atom stereocenters. The zero-order chi connectivity index (χ0) is 13.5. The Balaban J connectivity index is 0.00000200. The Morgan fingerprint density at radius 3 is 2.75 bits per heavy atom. The quantitative estimate of drug-likeness (QED) is 0.878. The molecule has 0 bridgehead atoms. The first-order valence-corrected chi connectivity index (χ1v) is 8.28. The van der Waals surface area contributed by atoms with Crippen molar-refractivity contribution < 1.29 is 4.79 Å². The van der Waals surface area contributed by atoms with E-state index in [1.54, 1.807) is 0 Å². The summed E-state index contributed by atoms with van der Waals surface area (Å²) in [6.07, 6.45) is 5.28. The van der Waals surface area contributed by atoms with Gasteiger partial charge in [-0.15, -0.1) is 12.4 Å². The lowest BCUT2D eigenvalue weighted by atomic mass is 9.99. The highest BCUT2D eigenvalue weighted by atomic mass is 35.5. The first-order valence-electron chi connectivity index (χ1n) is 6.89. The number of nitrogens with one attached hydrogen (secondary N) is 2. The van der Waals surface area contributed by atoms with E-state index >= 15 is 0 Å². The van der Waals surface area contributed by atoms with Crippen molar-refractivity contribution in [3.8, 4) is 0 Å². The molecule has 0 aliphatic carbocycles. The predicted octanol–water partition coefficient (Wildman–Crippen LogP) is 2.95. The molecule has 1 saturated heterocycles. The van der Waals surface area contributed by atoms with Crippen molar-refractivity contribution in [2.75, 3.05) is 30.4 Å². The van der Waals surface area contributed by atoms with Gasteiger partial charge in [0, 0.05) is 12.2 Å². The third-order valence-corrected chi connectivity index (χ3v) is 4.10. The van der Waals surface area contributed by atoms with Crippen molar-refractivity contribution >= 4 is 35.8 Å². The third-order valence-electron chi connectivity index (χ3n) is 3.48. The average Bonchev–Trinajstić information content (AvgIpc) is 2.47. The molecule has 1 aliphatic rings. The second-order valence-electron chi connectivity index (χ2n) is 4.97. The number of benzene rings is 1.